The van der Waals surface area contributed by atoms with Crippen molar-refractivity contribution in [2.45, 2.75) is 38.6 Å². The number of carbonyl (C=O) groups excluding carboxylic acids is 1. The Kier molecular flexibility index (Phi) is 5.88. The van der Waals surface area contributed by atoms with E-state index in [1.807, 2.05) is 0 Å². The summed E-state index contributed by atoms with van der Waals surface area (Å²) >= 11 is 5.96. The van der Waals surface area contributed by atoms with Crippen molar-refractivity contribution < 1.29 is 9.53 Å². The van der Waals surface area contributed by atoms with Gasteiger partial charge in [-0.05, 0) is 44.5 Å². The topological polar surface area (TPSA) is 41.6 Å². The molecule has 1 aromatic carbocycles. The predicted octanol–water partition coefficient (Wildman–Crippen LogP) is 3.55. The van der Waals surface area contributed by atoms with Crippen LogP contribution in [0.3, 0.4) is 0 Å². The van der Waals surface area contributed by atoms with Gasteiger partial charge in [-0.2, -0.15) is 0 Å². The van der Waals surface area contributed by atoms with Crippen molar-refractivity contribution in [3.8, 4) is 5.75 Å². The second-order valence-corrected chi connectivity index (χ2v) is 5.96. The molecule has 0 bridgehead atoms. The number of benzene rings is 1. The summed E-state index contributed by atoms with van der Waals surface area (Å²) in [5.74, 6) is 0.618. The van der Waals surface area contributed by atoms with Crippen molar-refractivity contribution in [1.29, 1.82) is 0 Å². The Balaban J connectivity index is 1.88. The maximum Gasteiger partial charge on any atom is 0.225 e. The number of nitrogens with zero attached hydrogens (tertiary/aromatic N) is 1. The van der Waals surface area contributed by atoms with Gasteiger partial charge < -0.3 is 15.0 Å². The van der Waals surface area contributed by atoms with Gasteiger partial charge in [-0.1, -0.05) is 18.0 Å². The first-order chi connectivity index (χ1) is 10.1. The molecule has 1 unspecified atom stereocenters. The average molecular weight is 311 g/mol. The van der Waals surface area contributed by atoms with Crippen LogP contribution in [0, 0.1) is 0 Å². The first-order valence-electron chi connectivity index (χ1n) is 7.47. The fraction of sp³-hybridized carbons (Fsp3) is 0.562. The maximum absolute atomic E-state index is 12.1. The molecule has 0 aliphatic carbocycles. The molecule has 116 valence electrons. The highest BCUT2D eigenvalue weighted by Crippen LogP contribution is 2.27. The maximum atomic E-state index is 12.1. The van der Waals surface area contributed by atoms with Gasteiger partial charge in [-0.3, -0.25) is 4.79 Å². The molecule has 1 saturated heterocycles. The van der Waals surface area contributed by atoms with Crippen LogP contribution in [-0.2, 0) is 4.79 Å². The van der Waals surface area contributed by atoms with Crippen molar-refractivity contribution in [3.05, 3.63) is 23.2 Å². The van der Waals surface area contributed by atoms with E-state index in [-0.39, 0.29) is 5.91 Å². The number of hydrogen-bond donors (Lipinski definition) is 1. The molecule has 1 aliphatic rings. The van der Waals surface area contributed by atoms with Gasteiger partial charge in [0, 0.05) is 24.0 Å². The second kappa shape index (κ2) is 7.66. The molecule has 2 rings (SSSR count). The zero-order chi connectivity index (χ0) is 15.2. The quantitative estimate of drug-likeness (QED) is 0.904. The van der Waals surface area contributed by atoms with Gasteiger partial charge in [0.05, 0.1) is 12.8 Å². The van der Waals surface area contributed by atoms with E-state index in [0.29, 0.717) is 28.9 Å². The van der Waals surface area contributed by atoms with Crippen molar-refractivity contribution in [3.63, 3.8) is 0 Å². The highest BCUT2D eigenvalue weighted by atomic mass is 35.5. The largest absolute Gasteiger partial charge is 0.495 e. The number of likely N-dealkylation sites (tertiary alicyclic amines) is 1. The lowest BCUT2D eigenvalue weighted by molar-refractivity contribution is -0.116. The zero-order valence-electron chi connectivity index (χ0n) is 12.7. The summed E-state index contributed by atoms with van der Waals surface area (Å²) in [4.78, 5) is 14.5. The minimum Gasteiger partial charge on any atom is -0.495 e. The lowest BCUT2D eigenvalue weighted by Crippen LogP contribution is -2.39. The molecule has 21 heavy (non-hydrogen) atoms. The number of piperidine rings is 1. The van der Waals surface area contributed by atoms with Gasteiger partial charge >= 0.3 is 0 Å². The number of hydrogen-bond acceptors (Lipinski definition) is 3. The smallest absolute Gasteiger partial charge is 0.225 e. The molecule has 0 radical (unpaired) electrons. The zero-order valence-corrected chi connectivity index (χ0v) is 13.4. The normalized spacial score (nSPS) is 19.3. The highest BCUT2D eigenvalue weighted by Gasteiger charge is 2.19. The molecule has 4 nitrogen and oxygen atoms in total. The molecule has 1 atom stereocenters. The number of ether oxygens (including phenoxy) is 1. The summed E-state index contributed by atoms with van der Waals surface area (Å²) in [7, 11) is 1.58. The summed E-state index contributed by atoms with van der Waals surface area (Å²) in [6.07, 6.45) is 4.24. The lowest BCUT2D eigenvalue weighted by atomic mass is 10.0. The Hall–Kier alpha value is -1.26. The second-order valence-electron chi connectivity index (χ2n) is 5.52. The van der Waals surface area contributed by atoms with Gasteiger partial charge in [0.15, 0.2) is 0 Å². The van der Waals surface area contributed by atoms with E-state index < -0.39 is 0 Å². The minimum absolute atomic E-state index is 0.00617. The number of rotatable bonds is 5. The summed E-state index contributed by atoms with van der Waals surface area (Å²) in [5, 5.41) is 3.46. The van der Waals surface area contributed by atoms with Gasteiger partial charge in [-0.15, -0.1) is 0 Å². The van der Waals surface area contributed by atoms with Crippen molar-refractivity contribution in [2.24, 2.45) is 0 Å². The van der Waals surface area contributed by atoms with E-state index in [1.54, 1.807) is 25.3 Å². The van der Waals surface area contributed by atoms with E-state index in [4.69, 9.17) is 16.3 Å². The number of halogens is 1. The molecule has 1 amide bonds. The molecule has 1 heterocycles. The standard InChI is InChI=1S/C16H23ClN2O2/c1-12-5-3-4-9-19(12)10-8-16(20)18-14-11-13(17)6-7-15(14)21-2/h6-7,11-12H,3-5,8-10H2,1-2H3,(H,18,20). The molecule has 1 fully saturated rings. The van der Waals surface area contributed by atoms with Crippen LogP contribution in [0.15, 0.2) is 18.2 Å². The molecule has 0 saturated carbocycles. The number of carbonyl (C=O) groups is 1. The summed E-state index contributed by atoms with van der Waals surface area (Å²) in [6, 6.07) is 5.78. The molecule has 0 aromatic heterocycles. The predicted molar refractivity (Wildman–Crippen MR) is 86.1 cm³/mol. The molecule has 5 heteroatoms. The molecule has 1 N–H and O–H groups in total. The first kappa shape index (κ1) is 16.1. The molecular formula is C16H23ClN2O2. The van der Waals surface area contributed by atoms with Crippen LogP contribution in [0.5, 0.6) is 5.75 Å². The number of methoxy groups -OCH3 is 1. The van der Waals surface area contributed by atoms with Gasteiger partial charge in [0.1, 0.15) is 5.75 Å². The molecule has 1 aliphatic heterocycles. The fourth-order valence-corrected chi connectivity index (χ4v) is 2.90. The van der Waals surface area contributed by atoms with Crippen LogP contribution < -0.4 is 10.1 Å². The van der Waals surface area contributed by atoms with Crippen LogP contribution in [-0.4, -0.2) is 37.0 Å². The Bertz CT molecular complexity index is 493. The van der Waals surface area contributed by atoms with Crippen molar-refractivity contribution in [1.82, 2.24) is 4.90 Å². The lowest BCUT2D eigenvalue weighted by Gasteiger charge is -2.33. The fourth-order valence-electron chi connectivity index (χ4n) is 2.73. The third-order valence-corrected chi connectivity index (χ3v) is 4.24. The number of nitrogens with one attached hydrogen (secondary N) is 1. The molecule has 1 aromatic rings. The summed E-state index contributed by atoms with van der Waals surface area (Å²) in [5.41, 5.74) is 0.627. The van der Waals surface area contributed by atoms with Crippen LogP contribution in [0.2, 0.25) is 5.02 Å². The monoisotopic (exact) mass is 310 g/mol. The Morgan fingerprint density at radius 3 is 3.00 bits per heavy atom. The summed E-state index contributed by atoms with van der Waals surface area (Å²) < 4.78 is 5.23. The SMILES string of the molecule is COc1ccc(Cl)cc1NC(=O)CCN1CCCCC1C. The van der Waals surface area contributed by atoms with E-state index in [9.17, 15) is 4.79 Å². The first-order valence-corrected chi connectivity index (χ1v) is 7.85. The van der Waals surface area contributed by atoms with Crippen LogP contribution in [0.25, 0.3) is 0 Å². The van der Waals surface area contributed by atoms with Crippen LogP contribution in [0.1, 0.15) is 32.6 Å². The molecular weight excluding hydrogens is 288 g/mol. The van der Waals surface area contributed by atoms with Gasteiger partial charge in [0.25, 0.3) is 0 Å². The van der Waals surface area contributed by atoms with Gasteiger partial charge in [-0.25, -0.2) is 0 Å². The third-order valence-electron chi connectivity index (χ3n) is 4.00. The van der Waals surface area contributed by atoms with E-state index in [1.165, 1.54) is 19.3 Å². The molecule has 0 spiro atoms. The van der Waals surface area contributed by atoms with Crippen molar-refractivity contribution >= 4 is 23.2 Å². The Morgan fingerprint density at radius 1 is 1.48 bits per heavy atom. The number of anilines is 1. The van der Waals surface area contributed by atoms with E-state index in [0.717, 1.165) is 13.1 Å². The van der Waals surface area contributed by atoms with Crippen molar-refractivity contribution in [2.75, 3.05) is 25.5 Å². The summed E-state index contributed by atoms with van der Waals surface area (Å²) in [6.45, 7) is 4.13. The Morgan fingerprint density at radius 2 is 2.29 bits per heavy atom. The van der Waals surface area contributed by atoms with E-state index in [2.05, 4.69) is 17.1 Å². The van der Waals surface area contributed by atoms with E-state index >= 15 is 0 Å². The minimum atomic E-state index is -0.00617. The van der Waals surface area contributed by atoms with Gasteiger partial charge in [0.2, 0.25) is 5.91 Å². The number of amides is 1. The average Bonchev–Trinajstić information content (AvgIpc) is 2.47. The van der Waals surface area contributed by atoms with Crippen LogP contribution >= 0.6 is 11.6 Å². The van der Waals surface area contributed by atoms with Crippen LogP contribution in [0.4, 0.5) is 5.69 Å². The Labute approximate surface area is 131 Å². The highest BCUT2D eigenvalue weighted by molar-refractivity contribution is 6.31. The third kappa shape index (κ3) is 4.61.